The van der Waals surface area contributed by atoms with E-state index in [1.54, 1.807) is 0 Å². The molecule has 134 valence electrons. The van der Waals surface area contributed by atoms with Crippen molar-refractivity contribution in [2.24, 2.45) is 0 Å². The highest BCUT2D eigenvalue weighted by Gasteiger charge is 2.39. The maximum Gasteiger partial charge on any atom is 0.0704 e. The molecule has 3 aromatic rings. The molecule has 0 aliphatic rings. The van der Waals surface area contributed by atoms with Gasteiger partial charge in [0.2, 0.25) is 0 Å². The van der Waals surface area contributed by atoms with Gasteiger partial charge in [-0.1, -0.05) is 116 Å². The van der Waals surface area contributed by atoms with Gasteiger partial charge in [0.05, 0.1) is 5.41 Å². The molecule has 0 aliphatic heterocycles. The van der Waals surface area contributed by atoms with Crippen LogP contribution in [0.5, 0.6) is 0 Å². The Bertz CT molecular complexity index is 976. The first-order valence-electron chi connectivity index (χ1n) is 9.29. The van der Waals surface area contributed by atoms with E-state index in [4.69, 9.17) is 0 Å². The van der Waals surface area contributed by atoms with Crippen molar-refractivity contribution in [3.63, 3.8) is 0 Å². The van der Waals surface area contributed by atoms with Gasteiger partial charge in [0.25, 0.3) is 0 Å². The van der Waals surface area contributed by atoms with E-state index in [1.807, 2.05) is 12.2 Å². The molecule has 0 saturated heterocycles. The van der Waals surface area contributed by atoms with E-state index in [9.17, 15) is 0 Å². The lowest BCUT2D eigenvalue weighted by Gasteiger charge is -2.38. The summed E-state index contributed by atoms with van der Waals surface area (Å²) in [7, 11) is 0. The fourth-order valence-electron chi connectivity index (χ4n) is 4.00. The minimum absolute atomic E-state index is 0.450. The number of allylic oxidation sites excluding steroid dienone is 4. The number of benzene rings is 3. The Morgan fingerprint density at radius 3 is 2.07 bits per heavy atom. The quantitative estimate of drug-likeness (QED) is 0.334. The van der Waals surface area contributed by atoms with E-state index in [0.29, 0.717) is 0 Å². The first kappa shape index (κ1) is 18.7. The molecule has 1 atom stereocenters. The Labute approximate surface area is 163 Å². The highest BCUT2D eigenvalue weighted by atomic mass is 14.4. The predicted molar refractivity (Wildman–Crippen MR) is 117 cm³/mol. The zero-order valence-electron chi connectivity index (χ0n) is 16.2. The van der Waals surface area contributed by atoms with Crippen LogP contribution in [-0.2, 0) is 5.41 Å². The van der Waals surface area contributed by atoms with Crippen LogP contribution in [0.15, 0.2) is 116 Å². The molecule has 0 N–H and O–H groups in total. The maximum atomic E-state index is 4.16. The highest BCUT2D eigenvalue weighted by molar-refractivity contribution is 5.63. The Kier molecular flexibility index (Phi) is 5.57. The topological polar surface area (TPSA) is 0 Å². The molecule has 3 rings (SSSR count). The van der Waals surface area contributed by atoms with Crippen molar-refractivity contribution in [1.82, 2.24) is 0 Å². The molecule has 0 bridgehead atoms. The molecule has 27 heavy (non-hydrogen) atoms. The van der Waals surface area contributed by atoms with Crippen molar-refractivity contribution in [2.75, 3.05) is 0 Å². The van der Waals surface area contributed by atoms with Gasteiger partial charge < -0.3 is 0 Å². The van der Waals surface area contributed by atoms with Crippen LogP contribution in [-0.4, -0.2) is 0 Å². The summed E-state index contributed by atoms with van der Waals surface area (Å²) in [6.07, 6.45) is 5.89. The van der Waals surface area contributed by atoms with Crippen molar-refractivity contribution in [2.45, 2.75) is 19.3 Å². The zero-order valence-corrected chi connectivity index (χ0v) is 16.2. The van der Waals surface area contributed by atoms with Gasteiger partial charge in [0, 0.05) is 0 Å². The van der Waals surface area contributed by atoms with Crippen LogP contribution < -0.4 is 0 Å². The summed E-state index contributed by atoms with van der Waals surface area (Å²) in [5.41, 5.74) is 6.87. The molecule has 0 heterocycles. The summed E-state index contributed by atoms with van der Waals surface area (Å²) in [6.45, 7) is 12.4. The second-order valence-corrected chi connectivity index (χ2v) is 6.86. The molecule has 1 unspecified atom stereocenters. The molecule has 0 radical (unpaired) electrons. The van der Waals surface area contributed by atoms with Gasteiger partial charge in [-0.15, -0.1) is 0 Å². The number of hydrogen-bond donors (Lipinski definition) is 0. The van der Waals surface area contributed by atoms with Crippen molar-refractivity contribution < 1.29 is 0 Å². The van der Waals surface area contributed by atoms with Gasteiger partial charge in [-0.3, -0.25) is 0 Å². The van der Waals surface area contributed by atoms with Crippen molar-refractivity contribution in [3.8, 4) is 0 Å². The normalized spacial score (nSPS) is 13.6. The number of aryl methyl sites for hydroxylation is 2. The molecule has 0 spiro atoms. The smallest absolute Gasteiger partial charge is 0.0704 e. The van der Waals surface area contributed by atoms with Gasteiger partial charge >= 0.3 is 0 Å². The predicted octanol–water partition coefficient (Wildman–Crippen LogP) is 6.94. The Hall–Kier alpha value is -3.12. The van der Waals surface area contributed by atoms with E-state index < -0.39 is 5.41 Å². The third-order valence-electron chi connectivity index (χ3n) is 5.16. The number of hydrogen-bond acceptors (Lipinski definition) is 0. The van der Waals surface area contributed by atoms with Crippen molar-refractivity contribution >= 4 is 0 Å². The summed E-state index contributed by atoms with van der Waals surface area (Å²) >= 11 is 0. The Morgan fingerprint density at radius 2 is 1.44 bits per heavy atom. The van der Waals surface area contributed by atoms with Crippen LogP contribution >= 0.6 is 0 Å². The SMILES string of the molecule is C=C/C=C(\C=C)C(c1ccccc1)(c1cccc(C)c1)c1ccccc1C. The summed E-state index contributed by atoms with van der Waals surface area (Å²) in [5, 5.41) is 0. The third-order valence-corrected chi connectivity index (χ3v) is 5.16. The van der Waals surface area contributed by atoms with Gasteiger partial charge in [-0.2, -0.15) is 0 Å². The fourth-order valence-corrected chi connectivity index (χ4v) is 4.00. The van der Waals surface area contributed by atoms with Crippen LogP contribution in [0.3, 0.4) is 0 Å². The van der Waals surface area contributed by atoms with E-state index >= 15 is 0 Å². The molecular formula is C27H26. The van der Waals surface area contributed by atoms with Gasteiger partial charge in [-0.25, -0.2) is 0 Å². The summed E-state index contributed by atoms with van der Waals surface area (Å²) in [5.74, 6) is 0. The lowest BCUT2D eigenvalue weighted by Crippen LogP contribution is -2.32. The van der Waals surface area contributed by atoms with E-state index in [1.165, 1.54) is 27.8 Å². The van der Waals surface area contributed by atoms with Crippen LogP contribution in [0, 0.1) is 13.8 Å². The Balaban J connectivity index is 2.53. The second kappa shape index (κ2) is 8.05. The van der Waals surface area contributed by atoms with E-state index in [2.05, 4.69) is 112 Å². The van der Waals surface area contributed by atoms with Gasteiger partial charge in [-0.05, 0) is 41.7 Å². The van der Waals surface area contributed by atoms with Crippen molar-refractivity contribution in [1.29, 1.82) is 0 Å². The first-order chi connectivity index (χ1) is 13.1. The average molecular weight is 351 g/mol. The van der Waals surface area contributed by atoms with E-state index in [0.717, 1.165) is 5.57 Å². The molecule has 0 amide bonds. The fraction of sp³-hybridized carbons (Fsp3) is 0.111. The molecule has 0 heteroatoms. The lowest BCUT2D eigenvalue weighted by molar-refractivity contribution is 0.736. The minimum Gasteiger partial charge on any atom is -0.0991 e. The standard InChI is InChI=1S/C27H26/c1-5-13-23(6-2)27(24-16-8-7-9-17-24,25-18-12-14-21(3)20-25)26-19-11-10-15-22(26)4/h5-20H,1-2H2,3-4H3/b23-13+. The summed E-state index contributed by atoms with van der Waals surface area (Å²) in [6, 6.07) is 28.1. The van der Waals surface area contributed by atoms with Gasteiger partial charge in [0.15, 0.2) is 0 Å². The largest absolute Gasteiger partial charge is 0.0991 e. The van der Waals surface area contributed by atoms with Crippen LogP contribution in [0.2, 0.25) is 0 Å². The summed E-state index contributed by atoms with van der Waals surface area (Å²) in [4.78, 5) is 0. The third kappa shape index (κ3) is 3.31. The molecule has 0 aliphatic carbocycles. The molecule has 0 saturated carbocycles. The molecular weight excluding hydrogens is 324 g/mol. The van der Waals surface area contributed by atoms with Crippen LogP contribution in [0.4, 0.5) is 0 Å². The second-order valence-electron chi connectivity index (χ2n) is 6.86. The first-order valence-corrected chi connectivity index (χ1v) is 9.29. The van der Waals surface area contributed by atoms with Crippen LogP contribution in [0.25, 0.3) is 0 Å². The zero-order chi connectivity index (χ0) is 19.3. The maximum absolute atomic E-state index is 4.16. The van der Waals surface area contributed by atoms with Crippen LogP contribution in [0.1, 0.15) is 27.8 Å². The molecule has 0 nitrogen and oxygen atoms in total. The van der Waals surface area contributed by atoms with Crippen molar-refractivity contribution in [3.05, 3.63) is 144 Å². The minimum atomic E-state index is -0.450. The summed E-state index contributed by atoms with van der Waals surface area (Å²) < 4.78 is 0. The Morgan fingerprint density at radius 1 is 0.778 bits per heavy atom. The molecule has 0 aromatic heterocycles. The molecule has 3 aromatic carbocycles. The average Bonchev–Trinajstić information content (AvgIpc) is 2.70. The molecule has 0 fully saturated rings. The number of rotatable bonds is 6. The van der Waals surface area contributed by atoms with E-state index in [-0.39, 0.29) is 0 Å². The van der Waals surface area contributed by atoms with Gasteiger partial charge in [0.1, 0.15) is 0 Å². The highest BCUT2D eigenvalue weighted by Crippen LogP contribution is 2.47. The monoisotopic (exact) mass is 350 g/mol. The lowest BCUT2D eigenvalue weighted by atomic mass is 9.63.